The van der Waals surface area contributed by atoms with Gasteiger partial charge in [0.05, 0.1) is 41.4 Å². The van der Waals surface area contributed by atoms with E-state index in [1.165, 1.54) is 11.3 Å². The van der Waals surface area contributed by atoms with E-state index >= 15 is 0 Å². The number of thiazole rings is 1. The molecule has 9 heteroatoms. The van der Waals surface area contributed by atoms with Crippen LogP contribution < -0.4 is 5.73 Å². The van der Waals surface area contributed by atoms with Gasteiger partial charge in [-0.3, -0.25) is 9.59 Å². The number of rotatable bonds is 4. The summed E-state index contributed by atoms with van der Waals surface area (Å²) in [5.74, 6) is -1.50. The zero-order valence-corrected chi connectivity index (χ0v) is 22.9. The third-order valence-corrected chi connectivity index (χ3v) is 8.81. The maximum atomic E-state index is 13.4. The Bertz CT molecular complexity index is 946. The zero-order chi connectivity index (χ0) is 26.7. The highest BCUT2D eigenvalue weighted by Gasteiger charge is 2.52. The average molecular weight is 523 g/mol. The SMILES string of the molecule is CC[C@H]1C(=O)C(C)(C)[C@@H](O)CC(=O)O[C@H](C=Cc2csc(CN)n2)C[C@@H]2O[C@]2(C)CCC[C@H](C)[C@@H]1O. The van der Waals surface area contributed by atoms with Crippen LogP contribution >= 0.6 is 11.3 Å². The maximum Gasteiger partial charge on any atom is 0.309 e. The van der Waals surface area contributed by atoms with Gasteiger partial charge >= 0.3 is 5.97 Å². The van der Waals surface area contributed by atoms with E-state index < -0.39 is 35.6 Å². The summed E-state index contributed by atoms with van der Waals surface area (Å²) >= 11 is 1.47. The third-order valence-electron chi connectivity index (χ3n) is 7.92. The zero-order valence-electron chi connectivity index (χ0n) is 22.1. The predicted molar refractivity (Wildman–Crippen MR) is 139 cm³/mol. The second-order valence-corrected chi connectivity index (χ2v) is 12.0. The molecule has 4 N–H and O–H groups in total. The Morgan fingerprint density at radius 2 is 2.00 bits per heavy atom. The van der Waals surface area contributed by atoms with Gasteiger partial charge in [0.1, 0.15) is 16.9 Å². The first-order chi connectivity index (χ1) is 16.9. The second kappa shape index (κ2) is 11.8. The maximum absolute atomic E-state index is 13.4. The van der Waals surface area contributed by atoms with E-state index in [1.807, 2.05) is 25.3 Å². The molecule has 0 aromatic carbocycles. The van der Waals surface area contributed by atoms with Crippen LogP contribution in [0, 0.1) is 17.3 Å². The minimum Gasteiger partial charge on any atom is -0.458 e. The molecule has 2 aliphatic heterocycles. The number of epoxide rings is 1. The van der Waals surface area contributed by atoms with Crippen molar-refractivity contribution in [2.45, 2.75) is 110 Å². The van der Waals surface area contributed by atoms with Crippen LogP contribution in [0.2, 0.25) is 0 Å². The Hall–Kier alpha value is -1.65. The highest BCUT2D eigenvalue weighted by atomic mass is 32.1. The standard InChI is InChI=1S/C27H42N2O6S/c1-6-19-24(32)16(2)8-7-11-27(5)21(35-27)12-18(10-9-17-15-36-22(14-28)29-17)34-23(31)13-20(30)26(3,4)25(19)33/h9-10,15-16,18-21,24,30,32H,6-8,11-14,28H2,1-5H3/t16-,18+,19+,20-,21-,24-,27+/m0/s1. The molecule has 7 atom stereocenters. The number of aromatic nitrogens is 1. The number of hydrogen-bond acceptors (Lipinski definition) is 9. The van der Waals surface area contributed by atoms with Gasteiger partial charge in [0.15, 0.2) is 0 Å². The summed E-state index contributed by atoms with van der Waals surface area (Å²) in [5, 5.41) is 24.6. The minimum absolute atomic E-state index is 0.0607. The van der Waals surface area contributed by atoms with E-state index in [2.05, 4.69) is 11.9 Å². The van der Waals surface area contributed by atoms with E-state index in [0.29, 0.717) is 19.4 Å². The van der Waals surface area contributed by atoms with Gasteiger partial charge in [0, 0.05) is 24.3 Å². The van der Waals surface area contributed by atoms with Crippen molar-refractivity contribution in [2.24, 2.45) is 23.0 Å². The number of nitrogens with two attached hydrogens (primary N) is 1. The molecule has 0 amide bonds. The average Bonchev–Trinajstić information content (AvgIpc) is 3.23. The van der Waals surface area contributed by atoms with E-state index in [0.717, 1.165) is 30.0 Å². The number of fused-ring (bicyclic) bond motifs is 1. The fourth-order valence-electron chi connectivity index (χ4n) is 5.08. The number of esters is 1. The number of Topliss-reactive ketones (excluding diaryl/α,β-unsaturated/α-hetero) is 1. The molecular formula is C27H42N2O6S. The fourth-order valence-corrected chi connectivity index (χ4v) is 5.73. The number of aliphatic hydroxyl groups excluding tert-OH is 2. The predicted octanol–water partition coefficient (Wildman–Crippen LogP) is 3.63. The van der Waals surface area contributed by atoms with Gasteiger partial charge in [-0.15, -0.1) is 11.3 Å². The van der Waals surface area contributed by atoms with Crippen LogP contribution in [0.3, 0.4) is 0 Å². The smallest absolute Gasteiger partial charge is 0.309 e. The molecule has 0 saturated carbocycles. The van der Waals surface area contributed by atoms with E-state index in [9.17, 15) is 19.8 Å². The lowest BCUT2D eigenvalue weighted by Gasteiger charge is -2.35. The number of ketones is 1. The van der Waals surface area contributed by atoms with Crippen molar-refractivity contribution in [1.82, 2.24) is 4.98 Å². The second-order valence-electron chi connectivity index (χ2n) is 11.1. The Balaban J connectivity index is 1.82. The number of carbonyl (C=O) groups is 2. The van der Waals surface area contributed by atoms with Crippen molar-refractivity contribution in [2.75, 3.05) is 0 Å². The molecule has 0 unspecified atom stereocenters. The Labute approximate surface area is 218 Å². The van der Waals surface area contributed by atoms with Gasteiger partial charge in [0.25, 0.3) is 0 Å². The number of nitrogens with zero attached hydrogens (tertiary/aromatic N) is 1. The summed E-state index contributed by atoms with van der Waals surface area (Å²) in [6, 6.07) is 0. The van der Waals surface area contributed by atoms with Gasteiger partial charge in [-0.2, -0.15) is 0 Å². The molecule has 202 valence electrons. The highest BCUT2D eigenvalue weighted by Crippen LogP contribution is 2.44. The summed E-state index contributed by atoms with van der Waals surface area (Å²) in [5.41, 5.74) is 4.88. The molecule has 36 heavy (non-hydrogen) atoms. The van der Waals surface area contributed by atoms with Crippen molar-refractivity contribution >= 4 is 29.2 Å². The van der Waals surface area contributed by atoms with E-state index in [-0.39, 0.29) is 29.8 Å². The largest absolute Gasteiger partial charge is 0.458 e. The molecule has 0 radical (unpaired) electrons. The lowest BCUT2D eigenvalue weighted by molar-refractivity contribution is -0.154. The first kappa shape index (κ1) is 28.9. The normalized spacial score (nSPS) is 36.4. The Kier molecular flexibility index (Phi) is 9.49. The van der Waals surface area contributed by atoms with Crippen molar-refractivity contribution in [3.8, 4) is 0 Å². The van der Waals surface area contributed by atoms with Crippen LogP contribution in [0.5, 0.6) is 0 Å². The monoisotopic (exact) mass is 522 g/mol. The molecule has 2 saturated heterocycles. The molecule has 1 aromatic rings. The summed E-state index contributed by atoms with van der Waals surface area (Å²) < 4.78 is 11.8. The lowest BCUT2D eigenvalue weighted by atomic mass is 9.71. The fraction of sp³-hybridized carbons (Fsp3) is 0.741. The summed E-state index contributed by atoms with van der Waals surface area (Å²) in [6.07, 6.45) is 4.01. The number of cyclic esters (lactones) is 1. The molecule has 0 bridgehead atoms. The minimum atomic E-state index is -1.24. The highest BCUT2D eigenvalue weighted by molar-refractivity contribution is 7.09. The number of ether oxygens (including phenoxy) is 2. The molecule has 0 aliphatic carbocycles. The third kappa shape index (κ3) is 6.81. The molecule has 3 rings (SSSR count). The summed E-state index contributed by atoms with van der Waals surface area (Å²) in [4.78, 5) is 30.7. The Morgan fingerprint density at radius 1 is 1.28 bits per heavy atom. The van der Waals surface area contributed by atoms with Crippen molar-refractivity contribution in [1.29, 1.82) is 0 Å². The van der Waals surface area contributed by atoms with Crippen molar-refractivity contribution in [3.05, 3.63) is 22.2 Å². The van der Waals surface area contributed by atoms with Crippen molar-refractivity contribution < 1.29 is 29.3 Å². The van der Waals surface area contributed by atoms with Gasteiger partial charge in [0.2, 0.25) is 0 Å². The first-order valence-corrected chi connectivity index (χ1v) is 13.9. The molecular weight excluding hydrogens is 480 g/mol. The number of carbonyl (C=O) groups excluding carboxylic acids is 2. The van der Waals surface area contributed by atoms with Crippen molar-refractivity contribution in [3.63, 3.8) is 0 Å². The molecule has 1 aromatic heterocycles. The summed E-state index contributed by atoms with van der Waals surface area (Å²) in [6.45, 7) is 9.53. The quantitative estimate of drug-likeness (QED) is 0.403. The van der Waals surface area contributed by atoms with Crippen LogP contribution in [-0.2, 0) is 25.6 Å². The van der Waals surface area contributed by atoms with Crippen LogP contribution in [0.4, 0.5) is 0 Å². The molecule has 3 heterocycles. The number of hydrogen-bond donors (Lipinski definition) is 3. The summed E-state index contributed by atoms with van der Waals surface area (Å²) in [7, 11) is 0. The molecule has 8 nitrogen and oxygen atoms in total. The van der Waals surface area contributed by atoms with Crippen LogP contribution in [0.1, 0.15) is 83.8 Å². The number of aliphatic hydroxyl groups is 2. The van der Waals surface area contributed by atoms with Gasteiger partial charge < -0.3 is 25.4 Å². The van der Waals surface area contributed by atoms with Crippen LogP contribution in [-0.4, -0.2) is 57.0 Å². The molecule has 2 aliphatic rings. The van der Waals surface area contributed by atoms with Gasteiger partial charge in [-0.25, -0.2) is 4.98 Å². The van der Waals surface area contributed by atoms with Crippen LogP contribution in [0.15, 0.2) is 11.5 Å². The van der Waals surface area contributed by atoms with Crippen LogP contribution in [0.25, 0.3) is 6.08 Å². The van der Waals surface area contributed by atoms with E-state index in [4.69, 9.17) is 15.2 Å². The molecule has 0 spiro atoms. The molecule has 2 fully saturated rings. The first-order valence-electron chi connectivity index (χ1n) is 13.0. The van der Waals surface area contributed by atoms with E-state index in [1.54, 1.807) is 19.9 Å². The van der Waals surface area contributed by atoms with Gasteiger partial charge in [-0.1, -0.05) is 34.1 Å². The van der Waals surface area contributed by atoms with Gasteiger partial charge in [-0.05, 0) is 44.3 Å². The Morgan fingerprint density at radius 3 is 2.64 bits per heavy atom. The lowest BCUT2D eigenvalue weighted by Crippen LogP contribution is -2.46. The topological polar surface area (TPSA) is 135 Å².